The van der Waals surface area contributed by atoms with Crippen molar-refractivity contribution in [1.29, 1.82) is 0 Å². The van der Waals surface area contributed by atoms with Gasteiger partial charge < -0.3 is 25.8 Å². The number of carbonyl (C=O) groups is 1. The number of phenolic OH excluding ortho intramolecular Hbond substituents is 1. The molecule has 4 N–H and O–H groups in total. The number of amides is 1. The summed E-state index contributed by atoms with van der Waals surface area (Å²) in [6.07, 6.45) is 4.69. The molecule has 0 radical (unpaired) electrons. The Morgan fingerprint density at radius 3 is 2.52 bits per heavy atom. The first kappa shape index (κ1) is 23.5. The summed E-state index contributed by atoms with van der Waals surface area (Å²) in [4.78, 5) is 16.4. The first-order chi connectivity index (χ1) is 12.6. The summed E-state index contributed by atoms with van der Waals surface area (Å²) >= 11 is 0. The molecule has 27 heavy (non-hydrogen) atoms. The zero-order valence-electron chi connectivity index (χ0n) is 16.1. The third kappa shape index (κ3) is 7.92. The van der Waals surface area contributed by atoms with E-state index in [0.717, 1.165) is 26.1 Å². The number of hydrogen-bond donors (Lipinski definition) is 4. The fourth-order valence-corrected chi connectivity index (χ4v) is 3.02. The third-order valence-electron chi connectivity index (χ3n) is 4.76. The lowest BCUT2D eigenvalue weighted by atomic mass is 9.67. The van der Waals surface area contributed by atoms with Gasteiger partial charge in [-0.2, -0.15) is 0 Å². The Kier molecular flexibility index (Phi) is 10.5. The van der Waals surface area contributed by atoms with E-state index in [9.17, 15) is 9.90 Å². The van der Waals surface area contributed by atoms with Crippen LogP contribution in [0.2, 0.25) is 0 Å². The lowest BCUT2D eigenvalue weighted by molar-refractivity contribution is -0.114. The minimum atomic E-state index is -0.203. The number of ether oxygens (including phenoxy) is 1. The summed E-state index contributed by atoms with van der Waals surface area (Å²) in [7, 11) is 1.73. The number of aliphatic imine (C=N–C) groups is 1. The van der Waals surface area contributed by atoms with E-state index in [2.05, 4.69) is 20.9 Å². The minimum Gasteiger partial charge on any atom is -0.508 e. The van der Waals surface area contributed by atoms with Gasteiger partial charge in [-0.15, -0.1) is 24.0 Å². The molecule has 8 heteroatoms. The number of hydrogen-bond acceptors (Lipinski definition) is 4. The highest BCUT2D eigenvalue weighted by Crippen LogP contribution is 2.43. The molecule has 0 spiro atoms. The summed E-state index contributed by atoms with van der Waals surface area (Å²) in [5.74, 6) is 0.612. The number of nitrogens with one attached hydrogen (secondary N) is 3. The number of guanidine groups is 1. The van der Waals surface area contributed by atoms with Gasteiger partial charge in [-0.25, -0.2) is 4.99 Å². The lowest BCUT2D eigenvalue weighted by Gasteiger charge is -2.42. The van der Waals surface area contributed by atoms with Gasteiger partial charge >= 0.3 is 0 Å². The maximum atomic E-state index is 12.1. The molecule has 0 heterocycles. The standard InChI is InChI=1S/C19H30N4O3.HI/c1-3-20-18(22-14-19(9-4-10-19)11-12-26-2)21-13-17(25)23-15-5-7-16(24)8-6-15;/h5-8,24H,3-4,9-14H2,1-2H3,(H,23,25)(H2,20,21,22);1H. The van der Waals surface area contributed by atoms with Crippen LogP contribution in [0.1, 0.15) is 32.6 Å². The zero-order chi connectivity index (χ0) is 18.8. The van der Waals surface area contributed by atoms with E-state index >= 15 is 0 Å². The van der Waals surface area contributed by atoms with Gasteiger partial charge in [0.15, 0.2) is 5.96 Å². The average Bonchev–Trinajstić information content (AvgIpc) is 2.60. The van der Waals surface area contributed by atoms with Gasteiger partial charge in [0.25, 0.3) is 0 Å². The second-order valence-corrected chi connectivity index (χ2v) is 6.74. The molecule has 1 aromatic rings. The van der Waals surface area contributed by atoms with Gasteiger partial charge in [0.2, 0.25) is 5.91 Å². The summed E-state index contributed by atoms with van der Waals surface area (Å²) in [5, 5.41) is 18.6. The van der Waals surface area contributed by atoms with Crippen LogP contribution in [0, 0.1) is 5.41 Å². The Bertz CT molecular complexity index is 603. The average molecular weight is 490 g/mol. The molecule has 0 atom stereocenters. The normalized spacial score (nSPS) is 15.3. The quantitative estimate of drug-likeness (QED) is 0.185. The molecule has 2 rings (SSSR count). The van der Waals surface area contributed by atoms with Crippen LogP contribution < -0.4 is 16.0 Å². The van der Waals surface area contributed by atoms with E-state index in [1.165, 1.54) is 31.4 Å². The van der Waals surface area contributed by atoms with Crippen LogP contribution in [0.25, 0.3) is 0 Å². The van der Waals surface area contributed by atoms with E-state index in [-0.39, 0.29) is 47.6 Å². The molecule has 0 aliphatic heterocycles. The molecule has 0 aromatic heterocycles. The topological polar surface area (TPSA) is 95.0 Å². The van der Waals surface area contributed by atoms with Crippen molar-refractivity contribution in [1.82, 2.24) is 10.6 Å². The highest BCUT2D eigenvalue weighted by Gasteiger charge is 2.36. The number of halogens is 1. The number of phenols is 1. The predicted molar refractivity (Wildman–Crippen MR) is 119 cm³/mol. The SMILES string of the molecule is CCNC(=NCC(=O)Nc1ccc(O)cc1)NCC1(CCOC)CCC1.I. The number of benzene rings is 1. The van der Waals surface area contributed by atoms with Gasteiger partial charge in [-0.1, -0.05) is 6.42 Å². The van der Waals surface area contributed by atoms with E-state index in [1.807, 2.05) is 6.92 Å². The molecule has 1 fully saturated rings. The van der Waals surface area contributed by atoms with Crippen molar-refractivity contribution in [3.05, 3.63) is 24.3 Å². The largest absolute Gasteiger partial charge is 0.508 e. The Balaban J connectivity index is 0.00000364. The van der Waals surface area contributed by atoms with E-state index < -0.39 is 0 Å². The molecule has 1 saturated carbocycles. The molecular formula is C19H31IN4O3. The molecular weight excluding hydrogens is 459 g/mol. The monoisotopic (exact) mass is 490 g/mol. The second-order valence-electron chi connectivity index (χ2n) is 6.74. The Hall–Kier alpha value is -1.55. The van der Waals surface area contributed by atoms with Gasteiger partial charge in [0.05, 0.1) is 0 Å². The fourth-order valence-electron chi connectivity index (χ4n) is 3.02. The van der Waals surface area contributed by atoms with Crippen LogP contribution in [0.3, 0.4) is 0 Å². The number of anilines is 1. The zero-order valence-corrected chi connectivity index (χ0v) is 18.4. The molecule has 0 unspecified atom stereocenters. The predicted octanol–water partition coefficient (Wildman–Crippen LogP) is 2.71. The van der Waals surface area contributed by atoms with Crippen LogP contribution in [0.5, 0.6) is 5.75 Å². The first-order valence-corrected chi connectivity index (χ1v) is 9.17. The Morgan fingerprint density at radius 1 is 1.26 bits per heavy atom. The smallest absolute Gasteiger partial charge is 0.246 e. The number of aromatic hydroxyl groups is 1. The van der Waals surface area contributed by atoms with Gasteiger partial charge in [-0.05, 0) is 55.9 Å². The highest BCUT2D eigenvalue weighted by atomic mass is 127. The number of carbonyl (C=O) groups excluding carboxylic acids is 1. The Labute approximate surface area is 178 Å². The third-order valence-corrected chi connectivity index (χ3v) is 4.76. The lowest BCUT2D eigenvalue weighted by Crippen LogP contribution is -2.47. The minimum absolute atomic E-state index is 0. The van der Waals surface area contributed by atoms with Crippen molar-refractivity contribution in [2.24, 2.45) is 10.4 Å². The summed E-state index contributed by atoms with van der Waals surface area (Å²) < 4.78 is 5.23. The van der Waals surface area contributed by atoms with Gasteiger partial charge in [0.1, 0.15) is 12.3 Å². The molecule has 1 aliphatic rings. The maximum Gasteiger partial charge on any atom is 0.246 e. The fraction of sp³-hybridized carbons (Fsp3) is 0.579. The van der Waals surface area contributed by atoms with Crippen LogP contribution >= 0.6 is 24.0 Å². The number of nitrogens with zero attached hydrogens (tertiary/aromatic N) is 1. The van der Waals surface area contributed by atoms with Crippen molar-refractivity contribution >= 4 is 41.5 Å². The first-order valence-electron chi connectivity index (χ1n) is 9.17. The van der Waals surface area contributed by atoms with E-state index in [0.29, 0.717) is 11.6 Å². The summed E-state index contributed by atoms with van der Waals surface area (Å²) in [5.41, 5.74) is 0.912. The molecule has 1 aromatic carbocycles. The number of methoxy groups -OCH3 is 1. The molecule has 0 saturated heterocycles. The maximum absolute atomic E-state index is 12.1. The highest BCUT2D eigenvalue weighted by molar-refractivity contribution is 14.0. The summed E-state index contributed by atoms with van der Waals surface area (Å²) in [6, 6.07) is 6.36. The van der Waals surface area contributed by atoms with Crippen molar-refractivity contribution in [2.75, 3.05) is 38.7 Å². The van der Waals surface area contributed by atoms with Crippen LogP contribution in [0.4, 0.5) is 5.69 Å². The van der Waals surface area contributed by atoms with Crippen LogP contribution in [-0.2, 0) is 9.53 Å². The molecule has 1 aliphatic carbocycles. The van der Waals surface area contributed by atoms with E-state index in [1.54, 1.807) is 19.2 Å². The van der Waals surface area contributed by atoms with Crippen molar-refractivity contribution in [2.45, 2.75) is 32.6 Å². The van der Waals surface area contributed by atoms with Crippen LogP contribution in [-0.4, -0.2) is 50.3 Å². The number of rotatable bonds is 9. The molecule has 0 bridgehead atoms. The van der Waals surface area contributed by atoms with Gasteiger partial charge in [0, 0.05) is 32.5 Å². The van der Waals surface area contributed by atoms with E-state index in [4.69, 9.17) is 4.74 Å². The van der Waals surface area contributed by atoms with Crippen molar-refractivity contribution < 1.29 is 14.6 Å². The molecule has 152 valence electrons. The van der Waals surface area contributed by atoms with Crippen molar-refractivity contribution in [3.63, 3.8) is 0 Å². The second kappa shape index (κ2) is 12.0. The van der Waals surface area contributed by atoms with Crippen molar-refractivity contribution in [3.8, 4) is 5.75 Å². The molecule has 7 nitrogen and oxygen atoms in total. The van der Waals surface area contributed by atoms with Gasteiger partial charge in [-0.3, -0.25) is 4.79 Å². The molecule has 1 amide bonds. The summed E-state index contributed by atoms with van der Waals surface area (Å²) in [6.45, 7) is 4.36. The van der Waals surface area contributed by atoms with Crippen LogP contribution in [0.15, 0.2) is 29.3 Å². The Morgan fingerprint density at radius 2 is 1.96 bits per heavy atom.